The van der Waals surface area contributed by atoms with Gasteiger partial charge in [-0.15, -0.1) is 11.3 Å². The van der Waals surface area contributed by atoms with E-state index in [0.29, 0.717) is 36.3 Å². The molecule has 1 aliphatic carbocycles. The summed E-state index contributed by atoms with van der Waals surface area (Å²) in [5, 5.41) is 25.2. The van der Waals surface area contributed by atoms with Crippen LogP contribution < -0.4 is 21.5 Å². The summed E-state index contributed by atoms with van der Waals surface area (Å²) in [6.07, 6.45) is 2.88. The number of benzene rings is 3. The Bertz CT molecular complexity index is 2580. The Kier molecular flexibility index (Phi) is 14.7. The summed E-state index contributed by atoms with van der Waals surface area (Å²) >= 11 is 1.55. The number of nitrogen functional groups attached to an aromatic ring is 1. The first-order chi connectivity index (χ1) is 31.2. The molecule has 354 valence electrons. The Balaban J connectivity index is 1.10. The van der Waals surface area contributed by atoms with Crippen LogP contribution in [0, 0.1) is 17.3 Å². The Hall–Kier alpha value is -5.30. The SMILES string of the molecule is CC(C)CN(C[C@@H](O)[C@H](Cc1ccc(OCc2ccccc2-c2sc3c(c2C(=O)O)CC(C)(C)CC3)cc1)NC(=O)O[C@H]1CO[C@@]2(C)OCC[C@@H]12)S(=O)(=O)c1ccc(N)c(/C=C/C(N)=O)c1. The number of sulfonamides is 1. The van der Waals surface area contributed by atoms with Crippen LogP contribution in [0.25, 0.3) is 16.5 Å². The first-order valence-electron chi connectivity index (χ1n) is 22.2. The molecule has 0 bridgehead atoms. The highest BCUT2D eigenvalue weighted by Crippen LogP contribution is 2.46. The number of aryl methyl sites for hydroxylation is 1. The lowest BCUT2D eigenvalue weighted by Crippen LogP contribution is -2.51. The monoisotopic (exact) mass is 944 g/mol. The van der Waals surface area contributed by atoms with E-state index in [1.807, 2.05) is 45.0 Å². The summed E-state index contributed by atoms with van der Waals surface area (Å²) in [7, 11) is -4.26. The van der Waals surface area contributed by atoms with Gasteiger partial charge < -0.3 is 45.9 Å². The molecule has 4 aromatic rings. The van der Waals surface area contributed by atoms with Gasteiger partial charge in [-0.3, -0.25) is 4.79 Å². The fraction of sp³-hybridized carbons (Fsp3) is 0.449. The number of fused-ring (bicyclic) bond motifs is 2. The van der Waals surface area contributed by atoms with Crippen LogP contribution >= 0.6 is 11.3 Å². The van der Waals surface area contributed by atoms with Gasteiger partial charge in [0.15, 0.2) is 5.79 Å². The molecule has 0 saturated carbocycles. The number of carboxylic acid groups (broad SMARTS) is 1. The van der Waals surface area contributed by atoms with E-state index in [1.165, 1.54) is 28.6 Å². The molecule has 2 aliphatic heterocycles. The van der Waals surface area contributed by atoms with Crippen molar-refractivity contribution in [3.8, 4) is 16.2 Å². The van der Waals surface area contributed by atoms with Crippen LogP contribution in [0.2, 0.25) is 0 Å². The van der Waals surface area contributed by atoms with E-state index in [-0.39, 0.29) is 59.6 Å². The number of carbonyl (C=O) groups is 3. The Labute approximate surface area is 390 Å². The number of aromatic carboxylic acids is 1. The third-order valence-electron chi connectivity index (χ3n) is 12.6. The fourth-order valence-corrected chi connectivity index (χ4v) is 12.1. The number of hydrogen-bond acceptors (Lipinski definition) is 12. The number of carbonyl (C=O) groups excluding carboxylic acids is 2. The number of aliphatic hydroxyl groups is 1. The number of nitrogens with one attached hydrogen (secondary N) is 1. The van der Waals surface area contributed by atoms with E-state index in [0.717, 1.165) is 45.4 Å². The maximum atomic E-state index is 14.3. The number of nitrogens with two attached hydrogens (primary N) is 2. The molecule has 2 amide bonds. The summed E-state index contributed by atoms with van der Waals surface area (Å²) in [6.45, 7) is 10.3. The minimum absolute atomic E-state index is 0.0197. The molecule has 0 spiro atoms. The minimum Gasteiger partial charge on any atom is -0.489 e. The van der Waals surface area contributed by atoms with Crippen molar-refractivity contribution in [3.05, 3.63) is 106 Å². The molecule has 17 heteroatoms. The van der Waals surface area contributed by atoms with Crippen molar-refractivity contribution in [2.75, 3.05) is 32.0 Å². The van der Waals surface area contributed by atoms with E-state index in [9.17, 15) is 33.0 Å². The highest BCUT2D eigenvalue weighted by molar-refractivity contribution is 7.89. The van der Waals surface area contributed by atoms with Crippen molar-refractivity contribution < 1.29 is 52.0 Å². The molecule has 3 aliphatic rings. The van der Waals surface area contributed by atoms with Gasteiger partial charge in [-0.2, -0.15) is 4.31 Å². The smallest absolute Gasteiger partial charge is 0.407 e. The lowest BCUT2D eigenvalue weighted by Gasteiger charge is -2.31. The van der Waals surface area contributed by atoms with Crippen molar-refractivity contribution >= 4 is 51.1 Å². The van der Waals surface area contributed by atoms with Crippen LogP contribution in [-0.2, 0) is 54.9 Å². The zero-order valence-corrected chi connectivity index (χ0v) is 39.6. The summed E-state index contributed by atoms with van der Waals surface area (Å²) in [6, 6.07) is 17.9. The van der Waals surface area contributed by atoms with Crippen LogP contribution in [0.4, 0.5) is 10.5 Å². The molecule has 66 heavy (non-hydrogen) atoms. The van der Waals surface area contributed by atoms with Crippen LogP contribution in [0.3, 0.4) is 0 Å². The van der Waals surface area contributed by atoms with Crippen molar-refractivity contribution in [2.24, 2.45) is 23.0 Å². The van der Waals surface area contributed by atoms with Gasteiger partial charge in [0.05, 0.1) is 41.7 Å². The quantitative estimate of drug-likeness (QED) is 0.0513. The zero-order valence-electron chi connectivity index (χ0n) is 38.0. The molecule has 2 saturated heterocycles. The van der Waals surface area contributed by atoms with Crippen molar-refractivity contribution in [1.29, 1.82) is 0 Å². The molecule has 3 aromatic carbocycles. The standard InChI is InChI=1S/C49H60N4O11S2/c1-29(2)25-53(66(59,60)34-15-16-38(50)31(23-34)12-17-43(51)55)26-40(54)39(52-47(58)64-41-28-63-49(5)37(41)19-21-62-49)22-30-10-13-33(14-11-30)61-27-32-8-6-7-9-35(32)45-44(46(56)57)36-24-48(3,4)20-18-42(36)65-45/h6-17,23,29,37,39-41,54H,18-22,24-28,50H2,1-5H3,(H2,51,55)(H,52,58)(H,56,57)/b17-12+/t37-,39-,40+,41-,49+/m0/s1. The number of carboxylic acids is 1. The Morgan fingerprint density at radius 2 is 1.79 bits per heavy atom. The molecule has 7 N–H and O–H groups in total. The van der Waals surface area contributed by atoms with E-state index in [2.05, 4.69) is 19.2 Å². The second-order valence-corrected chi connectivity index (χ2v) is 21.8. The summed E-state index contributed by atoms with van der Waals surface area (Å²) < 4.78 is 53.5. The number of amides is 2. The van der Waals surface area contributed by atoms with E-state index < -0.39 is 58.6 Å². The predicted molar refractivity (Wildman–Crippen MR) is 251 cm³/mol. The highest BCUT2D eigenvalue weighted by Gasteiger charge is 2.53. The molecule has 1 aromatic heterocycles. The van der Waals surface area contributed by atoms with Crippen molar-refractivity contribution in [3.63, 3.8) is 0 Å². The lowest BCUT2D eigenvalue weighted by molar-refractivity contribution is -0.181. The molecular weight excluding hydrogens is 885 g/mol. The molecule has 2 fully saturated rings. The number of ether oxygens (including phenoxy) is 4. The number of hydrogen-bond donors (Lipinski definition) is 5. The summed E-state index contributed by atoms with van der Waals surface area (Å²) in [4.78, 5) is 39.5. The van der Waals surface area contributed by atoms with Crippen molar-refractivity contribution in [1.82, 2.24) is 9.62 Å². The van der Waals surface area contributed by atoms with Gasteiger partial charge >= 0.3 is 12.1 Å². The highest BCUT2D eigenvalue weighted by atomic mass is 32.2. The van der Waals surface area contributed by atoms with Gasteiger partial charge in [-0.05, 0) is 115 Å². The molecule has 3 heterocycles. The third-order valence-corrected chi connectivity index (χ3v) is 15.8. The fourth-order valence-electron chi connectivity index (χ4n) is 9.05. The average molecular weight is 945 g/mol. The molecular formula is C49H60N4O11S2. The predicted octanol–water partition coefficient (Wildman–Crippen LogP) is 6.78. The average Bonchev–Trinajstić information content (AvgIpc) is 3.92. The van der Waals surface area contributed by atoms with Gasteiger partial charge in [-0.25, -0.2) is 18.0 Å². The van der Waals surface area contributed by atoms with E-state index in [4.69, 9.17) is 30.4 Å². The van der Waals surface area contributed by atoms with Crippen LogP contribution in [-0.4, -0.2) is 91.2 Å². The Morgan fingerprint density at radius 3 is 2.50 bits per heavy atom. The van der Waals surface area contributed by atoms with Gasteiger partial charge in [-0.1, -0.05) is 64.1 Å². The molecule has 5 atom stereocenters. The number of rotatable bonds is 18. The molecule has 0 radical (unpaired) electrons. The van der Waals surface area contributed by atoms with Gasteiger partial charge in [0, 0.05) is 34.6 Å². The van der Waals surface area contributed by atoms with E-state index >= 15 is 0 Å². The molecule has 7 rings (SSSR count). The second-order valence-electron chi connectivity index (χ2n) is 18.7. The second kappa shape index (κ2) is 19.9. The van der Waals surface area contributed by atoms with Gasteiger partial charge in [0.25, 0.3) is 0 Å². The first kappa shape index (κ1) is 48.6. The third kappa shape index (κ3) is 11.1. The topological polar surface area (TPSA) is 230 Å². The number of primary amides is 1. The number of alkyl carbamates (subject to hydrolysis) is 1. The minimum atomic E-state index is -4.26. The maximum absolute atomic E-state index is 14.3. The number of aliphatic hydroxyl groups excluding tert-OH is 1. The van der Waals surface area contributed by atoms with Crippen LogP contribution in [0.1, 0.15) is 84.9 Å². The number of thiophene rings is 1. The van der Waals surface area contributed by atoms with Crippen molar-refractivity contribution in [2.45, 2.75) is 102 Å². The Morgan fingerprint density at radius 1 is 1.05 bits per heavy atom. The maximum Gasteiger partial charge on any atom is 0.407 e. The molecule has 0 unspecified atom stereocenters. The van der Waals surface area contributed by atoms with E-state index in [1.54, 1.807) is 35.6 Å². The van der Waals surface area contributed by atoms with Crippen LogP contribution in [0.15, 0.2) is 77.7 Å². The first-order valence-corrected chi connectivity index (χ1v) is 24.5. The molecule has 15 nitrogen and oxygen atoms in total. The summed E-state index contributed by atoms with van der Waals surface area (Å²) in [5.41, 5.74) is 15.5. The van der Waals surface area contributed by atoms with Gasteiger partial charge in [0.2, 0.25) is 15.9 Å². The normalized spacial score (nSPS) is 21.1. The lowest BCUT2D eigenvalue weighted by atomic mass is 9.76. The summed E-state index contributed by atoms with van der Waals surface area (Å²) in [5.74, 6) is -2.32. The number of nitrogens with zero attached hydrogens (tertiary/aromatic N) is 1. The van der Waals surface area contributed by atoms with Gasteiger partial charge in [0.1, 0.15) is 18.5 Å². The zero-order chi connectivity index (χ0) is 47.6. The van der Waals surface area contributed by atoms with Crippen LogP contribution in [0.5, 0.6) is 5.75 Å². The number of anilines is 1. The largest absolute Gasteiger partial charge is 0.489 e.